The first-order chi connectivity index (χ1) is 20.1. The zero-order chi connectivity index (χ0) is 31.2. The van der Waals surface area contributed by atoms with Gasteiger partial charge in [-0.3, -0.25) is 0 Å². The fourth-order valence-corrected chi connectivity index (χ4v) is 7.67. The Hall–Kier alpha value is -2.46. The minimum atomic E-state index is -4.32. The van der Waals surface area contributed by atoms with Crippen molar-refractivity contribution in [2.75, 3.05) is 26.2 Å². The van der Waals surface area contributed by atoms with Crippen molar-refractivity contribution in [1.29, 1.82) is 0 Å². The van der Waals surface area contributed by atoms with Crippen LogP contribution in [0.4, 0.5) is 31.1 Å². The van der Waals surface area contributed by atoms with Crippen molar-refractivity contribution < 1.29 is 35.9 Å². The number of halogens is 7. The molecule has 11 heteroatoms. The molecular formula is C33H41ClF6N2O2. The Labute approximate surface area is 261 Å². The van der Waals surface area contributed by atoms with Crippen molar-refractivity contribution in [2.24, 2.45) is 23.7 Å². The van der Waals surface area contributed by atoms with Crippen LogP contribution in [0.25, 0.3) is 0 Å². The molecule has 2 unspecified atom stereocenters. The van der Waals surface area contributed by atoms with Gasteiger partial charge in [0, 0.05) is 13.1 Å². The molecule has 0 aromatic heterocycles. The van der Waals surface area contributed by atoms with Crippen molar-refractivity contribution >= 4 is 18.5 Å². The molecule has 0 radical (unpaired) electrons. The van der Waals surface area contributed by atoms with E-state index in [1.54, 1.807) is 29.2 Å². The molecule has 44 heavy (non-hydrogen) atoms. The van der Waals surface area contributed by atoms with Crippen LogP contribution in [0.15, 0.2) is 48.5 Å². The Morgan fingerprint density at radius 1 is 0.705 bits per heavy atom. The Kier molecular flexibility index (Phi) is 10.3. The third-order valence-electron chi connectivity index (χ3n) is 9.47. The third-order valence-corrected chi connectivity index (χ3v) is 9.47. The molecule has 4 aliphatic rings. The normalized spacial score (nSPS) is 28.1. The predicted octanol–water partition coefficient (Wildman–Crippen LogP) is 8.91. The van der Waals surface area contributed by atoms with Gasteiger partial charge in [0.25, 0.3) is 0 Å². The number of fused-ring (bicyclic) bond motifs is 2. The van der Waals surface area contributed by atoms with Crippen LogP contribution in [0.5, 0.6) is 0 Å². The van der Waals surface area contributed by atoms with Gasteiger partial charge in [-0.2, -0.15) is 26.3 Å². The number of alkyl halides is 6. The lowest BCUT2D eigenvalue weighted by Crippen LogP contribution is -2.36. The molecule has 6 atom stereocenters. The van der Waals surface area contributed by atoms with E-state index in [0.717, 1.165) is 32.0 Å². The van der Waals surface area contributed by atoms with E-state index in [0.29, 0.717) is 48.9 Å². The zero-order valence-corrected chi connectivity index (χ0v) is 26.0. The van der Waals surface area contributed by atoms with Gasteiger partial charge < -0.3 is 15.0 Å². The number of nitrogens with one attached hydrogen (secondary N) is 1. The molecule has 4 nitrogen and oxygen atoms in total. The highest BCUT2D eigenvalue weighted by Gasteiger charge is 2.46. The molecule has 2 saturated heterocycles. The fraction of sp³-hybridized carbons (Fsp3) is 0.606. The number of hydrogen-bond donors (Lipinski definition) is 1. The number of rotatable bonds is 2. The maximum Gasteiger partial charge on any atom is 0.416 e. The first-order valence-corrected chi connectivity index (χ1v) is 15.1. The quantitative estimate of drug-likeness (QED) is 0.331. The van der Waals surface area contributed by atoms with Gasteiger partial charge in [-0.1, -0.05) is 36.4 Å². The molecule has 244 valence electrons. The van der Waals surface area contributed by atoms with E-state index in [9.17, 15) is 31.1 Å². The number of carbonyl (C=O) groups excluding carboxylic acids is 1. The van der Waals surface area contributed by atoms with Crippen LogP contribution in [-0.4, -0.2) is 42.8 Å². The molecular weight excluding hydrogens is 606 g/mol. The summed E-state index contributed by atoms with van der Waals surface area (Å²) < 4.78 is 84.1. The zero-order valence-electron chi connectivity index (χ0n) is 25.2. The molecule has 0 spiro atoms. The maximum absolute atomic E-state index is 13.2. The molecule has 2 aromatic carbocycles. The molecule has 4 fully saturated rings. The van der Waals surface area contributed by atoms with Crippen molar-refractivity contribution in [1.82, 2.24) is 10.2 Å². The van der Waals surface area contributed by atoms with E-state index in [-0.39, 0.29) is 42.2 Å². The topological polar surface area (TPSA) is 41.6 Å². The molecule has 2 aliphatic heterocycles. The smallest absolute Gasteiger partial charge is 0.416 e. The lowest BCUT2D eigenvalue weighted by atomic mass is 9.91. The minimum absolute atomic E-state index is 0. The van der Waals surface area contributed by atoms with Crippen LogP contribution in [0.3, 0.4) is 0 Å². The highest BCUT2D eigenvalue weighted by molar-refractivity contribution is 5.85. The summed E-state index contributed by atoms with van der Waals surface area (Å²) in [5.41, 5.74) is -0.609. The standard InChI is InChI=1S/C19H24F3NO2.C14H16F3N.ClH/c1-18(2,3)25-17(24)23-10-13-8-12(9-14(13)11-23)15-6-4-5-7-16(15)19(20,21)22;15-14(16,17)13-4-2-1-3-12(13)9-5-10-7-18-8-11(10)6-9;/h4-7,12-14H,8-11H2,1-3H3;1-4,9-11,18H,5-8H2;1H/t12?,13-,14+;9?,10-,11+;. The summed E-state index contributed by atoms with van der Waals surface area (Å²) >= 11 is 0. The van der Waals surface area contributed by atoms with E-state index in [4.69, 9.17) is 4.74 Å². The molecule has 2 aliphatic carbocycles. The molecule has 1 amide bonds. The van der Waals surface area contributed by atoms with E-state index >= 15 is 0 Å². The van der Waals surface area contributed by atoms with Crippen LogP contribution in [0, 0.1) is 23.7 Å². The molecule has 6 rings (SSSR count). The average molecular weight is 647 g/mol. The van der Waals surface area contributed by atoms with Crippen LogP contribution in [0.2, 0.25) is 0 Å². The largest absolute Gasteiger partial charge is 0.444 e. The highest BCUT2D eigenvalue weighted by Crippen LogP contribution is 2.49. The predicted molar refractivity (Wildman–Crippen MR) is 159 cm³/mol. The van der Waals surface area contributed by atoms with Crippen LogP contribution in [-0.2, 0) is 17.1 Å². The van der Waals surface area contributed by atoms with Crippen LogP contribution in [0.1, 0.15) is 80.5 Å². The van der Waals surface area contributed by atoms with E-state index < -0.39 is 29.1 Å². The Morgan fingerprint density at radius 3 is 1.48 bits per heavy atom. The lowest BCUT2D eigenvalue weighted by Gasteiger charge is -2.25. The third kappa shape index (κ3) is 7.84. The van der Waals surface area contributed by atoms with Crippen molar-refractivity contribution in [3.05, 3.63) is 70.8 Å². The van der Waals surface area contributed by atoms with Gasteiger partial charge in [0.05, 0.1) is 11.1 Å². The second-order valence-electron chi connectivity index (χ2n) is 13.6. The SMILES string of the molecule is CC(C)(C)OC(=O)N1C[C@H]2CC(c3ccccc3C(F)(F)F)C[C@H]2C1.Cl.FC(F)(F)c1ccccc1C1C[C@H]2CNC[C@H]2C1. The van der Waals surface area contributed by atoms with Gasteiger partial charge in [-0.25, -0.2) is 4.79 Å². The summed E-state index contributed by atoms with van der Waals surface area (Å²) in [4.78, 5) is 13.9. The number of hydrogen-bond acceptors (Lipinski definition) is 3. The lowest BCUT2D eigenvalue weighted by molar-refractivity contribution is -0.139. The molecule has 1 N–H and O–H groups in total. The first kappa shape index (κ1) is 34.4. The fourth-order valence-electron chi connectivity index (χ4n) is 7.67. The van der Waals surface area contributed by atoms with Crippen molar-refractivity contribution in [3.8, 4) is 0 Å². The van der Waals surface area contributed by atoms with Gasteiger partial charge in [-0.15, -0.1) is 12.4 Å². The highest BCUT2D eigenvalue weighted by atomic mass is 35.5. The summed E-state index contributed by atoms with van der Waals surface area (Å²) in [5.74, 6) is 1.62. The van der Waals surface area contributed by atoms with Gasteiger partial charge in [0.2, 0.25) is 0 Å². The number of carbonyl (C=O) groups is 1. The Morgan fingerprint density at radius 2 is 1.09 bits per heavy atom. The van der Waals surface area contributed by atoms with Gasteiger partial charge in [0.15, 0.2) is 0 Å². The second kappa shape index (κ2) is 13.1. The number of nitrogens with zero attached hydrogens (tertiary/aromatic N) is 1. The average Bonchev–Trinajstić information content (AvgIpc) is 3.67. The van der Waals surface area contributed by atoms with E-state index in [1.165, 1.54) is 18.2 Å². The molecule has 0 bridgehead atoms. The Balaban J connectivity index is 0.000000206. The summed E-state index contributed by atoms with van der Waals surface area (Å²) in [5, 5.41) is 3.32. The van der Waals surface area contributed by atoms with Crippen LogP contribution >= 0.6 is 12.4 Å². The van der Waals surface area contributed by atoms with E-state index in [2.05, 4.69) is 5.32 Å². The number of benzene rings is 2. The maximum atomic E-state index is 13.2. The van der Waals surface area contributed by atoms with Crippen molar-refractivity contribution in [3.63, 3.8) is 0 Å². The Bertz CT molecular complexity index is 1270. The van der Waals surface area contributed by atoms with Gasteiger partial charge in [-0.05, 0) is 118 Å². The summed E-state index contributed by atoms with van der Waals surface area (Å²) in [6.07, 6.45) is -5.71. The van der Waals surface area contributed by atoms with Gasteiger partial charge >= 0.3 is 18.4 Å². The molecule has 2 heterocycles. The summed E-state index contributed by atoms with van der Waals surface area (Å²) in [6.45, 7) is 8.56. The second-order valence-corrected chi connectivity index (χ2v) is 13.6. The summed E-state index contributed by atoms with van der Waals surface area (Å²) in [6, 6.07) is 11.9. The monoisotopic (exact) mass is 646 g/mol. The van der Waals surface area contributed by atoms with Crippen molar-refractivity contribution in [2.45, 2.75) is 76.2 Å². The van der Waals surface area contributed by atoms with E-state index in [1.807, 2.05) is 20.8 Å². The molecule has 2 aromatic rings. The number of likely N-dealkylation sites (tertiary alicyclic amines) is 1. The van der Waals surface area contributed by atoms with Crippen LogP contribution < -0.4 is 5.32 Å². The number of ether oxygens (including phenoxy) is 1. The first-order valence-electron chi connectivity index (χ1n) is 15.1. The minimum Gasteiger partial charge on any atom is -0.444 e. The van der Waals surface area contributed by atoms with Gasteiger partial charge in [0.1, 0.15) is 5.60 Å². The number of amides is 1. The molecule has 2 saturated carbocycles. The summed E-state index contributed by atoms with van der Waals surface area (Å²) in [7, 11) is 0.